The molecule has 0 aromatic heterocycles. The molecular formula is C22H36F6N6O. The topological polar surface area (TPSA) is 86.6 Å². The molecule has 0 amide bonds. The number of rotatable bonds is 0. The molecule has 5 aliphatic heterocycles. The molecule has 35 heavy (non-hydrogen) atoms. The Morgan fingerprint density at radius 3 is 2.34 bits per heavy atom. The van der Waals surface area contributed by atoms with Crippen LogP contribution in [0, 0.1) is 17.8 Å². The van der Waals surface area contributed by atoms with E-state index in [1.54, 1.807) is 0 Å². The van der Waals surface area contributed by atoms with Gasteiger partial charge in [0.15, 0.2) is 0 Å². The molecule has 6 N–H and O–H groups in total. The lowest BCUT2D eigenvalue weighted by atomic mass is 9.81. The molecule has 0 radical (unpaired) electrons. The van der Waals surface area contributed by atoms with Crippen LogP contribution in [-0.2, 0) is 4.74 Å². The molecule has 5 heterocycles. The van der Waals surface area contributed by atoms with Crippen LogP contribution < -0.4 is 27.2 Å². The van der Waals surface area contributed by atoms with Gasteiger partial charge in [0, 0.05) is 18.1 Å². The quantitative estimate of drug-likeness (QED) is 0.317. The van der Waals surface area contributed by atoms with E-state index in [2.05, 4.69) is 21.5 Å². The maximum atomic E-state index is 14.2. The lowest BCUT2D eigenvalue weighted by molar-refractivity contribution is -0.224. The van der Waals surface area contributed by atoms with Gasteiger partial charge in [-0.25, -0.2) is 10.9 Å². The first-order chi connectivity index (χ1) is 16.5. The highest BCUT2D eigenvalue weighted by Crippen LogP contribution is 2.42. The lowest BCUT2D eigenvalue weighted by Gasteiger charge is -2.48. The molecule has 5 rings (SSSR count). The summed E-state index contributed by atoms with van der Waals surface area (Å²) in [6.07, 6.45) is -7.43. The van der Waals surface area contributed by atoms with Crippen LogP contribution in [0.5, 0.6) is 0 Å². The van der Waals surface area contributed by atoms with E-state index >= 15 is 0 Å². The maximum absolute atomic E-state index is 14.2. The standard InChI is InChI=1S/C22H36F6N6O/c23-21(24,25)13-10-14(29)17-20-33-32-19(35-20)16(22(26,27)28)15-9-11(6-7-30-15)3-1-4-12-5-2-8-34(12)18(13)31-17/h11-20,30-33H,1-10,29H2/t11?,12-,13?,14?,15?,16?,17?,18?,19?,20?/m0/s1. The molecule has 0 aromatic carbocycles. The molecule has 13 heteroatoms. The second-order valence-electron chi connectivity index (χ2n) is 10.9. The van der Waals surface area contributed by atoms with Crippen molar-refractivity contribution >= 4 is 0 Å². The number of piperidine rings is 2. The van der Waals surface area contributed by atoms with Crippen LogP contribution in [0.15, 0.2) is 0 Å². The van der Waals surface area contributed by atoms with Gasteiger partial charge in [0.25, 0.3) is 0 Å². The van der Waals surface area contributed by atoms with Gasteiger partial charge in [0.1, 0.15) is 18.4 Å². The molecular weight excluding hydrogens is 478 g/mol. The monoisotopic (exact) mass is 514 g/mol. The Kier molecular flexibility index (Phi) is 7.32. The van der Waals surface area contributed by atoms with E-state index in [1.165, 1.54) is 0 Å². The van der Waals surface area contributed by atoms with Crippen LogP contribution in [0.1, 0.15) is 51.4 Å². The Balaban J connectivity index is 1.46. The van der Waals surface area contributed by atoms with Gasteiger partial charge in [-0.05, 0) is 57.5 Å². The third kappa shape index (κ3) is 5.32. The Morgan fingerprint density at radius 2 is 1.60 bits per heavy atom. The molecule has 0 saturated carbocycles. The van der Waals surface area contributed by atoms with Crippen LogP contribution >= 0.6 is 0 Å². The van der Waals surface area contributed by atoms with Crippen molar-refractivity contribution in [3.05, 3.63) is 0 Å². The Morgan fingerprint density at radius 1 is 0.857 bits per heavy atom. The third-order valence-electron chi connectivity index (χ3n) is 8.75. The Hall–Kier alpha value is -0.700. The first kappa shape index (κ1) is 25.9. The minimum absolute atomic E-state index is 0.0150. The fourth-order valence-electron chi connectivity index (χ4n) is 7.05. The number of hydrogen-bond acceptors (Lipinski definition) is 7. The molecule has 5 fully saturated rings. The van der Waals surface area contributed by atoms with Crippen molar-refractivity contribution in [1.82, 2.24) is 26.4 Å². The molecule has 0 spiro atoms. The van der Waals surface area contributed by atoms with Crippen LogP contribution in [0.4, 0.5) is 26.3 Å². The predicted octanol–water partition coefficient (Wildman–Crippen LogP) is 2.15. The number of nitrogens with zero attached hydrogens (tertiary/aromatic N) is 1. The minimum atomic E-state index is -4.52. The number of nitrogens with one attached hydrogen (secondary N) is 4. The fourth-order valence-corrected chi connectivity index (χ4v) is 7.05. The average Bonchev–Trinajstić information content (AvgIpc) is 3.42. The van der Waals surface area contributed by atoms with Crippen molar-refractivity contribution in [2.45, 2.75) is 107 Å². The highest BCUT2D eigenvalue weighted by Gasteiger charge is 2.57. The zero-order chi connectivity index (χ0) is 25.0. The molecule has 5 saturated heterocycles. The van der Waals surface area contributed by atoms with Crippen molar-refractivity contribution in [2.24, 2.45) is 23.5 Å². The first-order valence-corrected chi connectivity index (χ1v) is 12.8. The minimum Gasteiger partial charge on any atom is -0.340 e. The summed E-state index contributed by atoms with van der Waals surface area (Å²) in [5, 5.41) is 6.14. The number of fused-ring (bicyclic) bond motifs is 9. The fraction of sp³-hybridized carbons (Fsp3) is 1.00. The summed E-state index contributed by atoms with van der Waals surface area (Å²) in [4.78, 5) is 1.93. The zero-order valence-electron chi connectivity index (χ0n) is 19.5. The summed E-state index contributed by atoms with van der Waals surface area (Å²) < 4.78 is 90.8. The normalized spacial score (nSPS) is 46.0. The van der Waals surface area contributed by atoms with Gasteiger partial charge >= 0.3 is 12.4 Å². The predicted molar refractivity (Wildman–Crippen MR) is 115 cm³/mol. The molecule has 202 valence electrons. The van der Waals surface area contributed by atoms with Crippen LogP contribution in [0.25, 0.3) is 0 Å². The van der Waals surface area contributed by atoms with E-state index in [4.69, 9.17) is 10.5 Å². The smallest absolute Gasteiger partial charge is 0.340 e. The van der Waals surface area contributed by atoms with Crippen LogP contribution in [-0.4, -0.2) is 73.1 Å². The molecule has 0 aliphatic carbocycles. The van der Waals surface area contributed by atoms with Crippen molar-refractivity contribution < 1.29 is 31.1 Å². The Bertz CT molecular complexity index is 740. The number of hydrogen-bond donors (Lipinski definition) is 5. The van der Waals surface area contributed by atoms with E-state index in [0.29, 0.717) is 19.5 Å². The summed E-state index contributed by atoms with van der Waals surface area (Å²) >= 11 is 0. The third-order valence-corrected chi connectivity index (χ3v) is 8.75. The summed E-state index contributed by atoms with van der Waals surface area (Å²) in [5.41, 5.74) is 11.6. The molecule has 9 unspecified atom stereocenters. The first-order valence-electron chi connectivity index (χ1n) is 12.8. The van der Waals surface area contributed by atoms with Crippen molar-refractivity contribution in [3.8, 4) is 0 Å². The summed E-state index contributed by atoms with van der Waals surface area (Å²) in [7, 11) is 0. The van der Waals surface area contributed by atoms with Gasteiger partial charge in [-0.2, -0.15) is 26.3 Å². The molecule has 0 aromatic rings. The largest absolute Gasteiger partial charge is 0.397 e. The van der Waals surface area contributed by atoms with Gasteiger partial charge in [-0.15, -0.1) is 0 Å². The zero-order valence-corrected chi connectivity index (χ0v) is 19.5. The van der Waals surface area contributed by atoms with E-state index in [9.17, 15) is 26.3 Å². The number of halogens is 6. The molecule has 10 atom stereocenters. The van der Waals surface area contributed by atoms with Crippen LogP contribution in [0.2, 0.25) is 0 Å². The second-order valence-corrected chi connectivity index (χ2v) is 10.9. The Labute approximate surface area is 201 Å². The highest BCUT2D eigenvalue weighted by atomic mass is 19.4. The van der Waals surface area contributed by atoms with Gasteiger partial charge in [-0.1, -0.05) is 12.8 Å². The number of ether oxygens (including phenoxy) is 1. The number of alkyl halides is 6. The maximum Gasteiger partial charge on any atom is 0.397 e. The number of hydrazine groups is 1. The van der Waals surface area contributed by atoms with Gasteiger partial charge < -0.3 is 15.8 Å². The molecule has 5 aliphatic rings. The average molecular weight is 515 g/mol. The highest BCUT2D eigenvalue weighted by molar-refractivity contribution is 5.03. The second kappa shape index (κ2) is 9.88. The van der Waals surface area contributed by atoms with Crippen molar-refractivity contribution in [2.75, 3.05) is 13.1 Å². The van der Waals surface area contributed by atoms with E-state index in [-0.39, 0.29) is 18.4 Å². The van der Waals surface area contributed by atoms with Gasteiger partial charge in [0.2, 0.25) is 0 Å². The van der Waals surface area contributed by atoms with E-state index in [1.807, 2.05) is 4.90 Å². The molecule has 6 bridgehead atoms. The van der Waals surface area contributed by atoms with Gasteiger partial charge in [-0.3, -0.25) is 10.2 Å². The van der Waals surface area contributed by atoms with Crippen molar-refractivity contribution in [3.63, 3.8) is 0 Å². The van der Waals surface area contributed by atoms with Gasteiger partial charge in [0.05, 0.1) is 18.1 Å². The lowest BCUT2D eigenvalue weighted by Crippen LogP contribution is -2.70. The summed E-state index contributed by atoms with van der Waals surface area (Å²) in [6.45, 7) is 1.06. The molecule has 7 nitrogen and oxygen atoms in total. The summed E-state index contributed by atoms with van der Waals surface area (Å²) in [5.74, 6) is -3.30. The summed E-state index contributed by atoms with van der Waals surface area (Å²) in [6, 6.07) is -2.49. The van der Waals surface area contributed by atoms with Crippen LogP contribution in [0.3, 0.4) is 0 Å². The van der Waals surface area contributed by atoms with E-state index in [0.717, 1.165) is 38.5 Å². The van der Waals surface area contributed by atoms with E-state index < -0.39 is 60.9 Å². The SMILES string of the molecule is NC1CC(C(F)(F)F)C2NC1C1NNC(O1)C(C(F)(F)F)C1CC(CCC[C@H]3CCCN23)CCN1. The number of nitrogens with two attached hydrogens (primary N) is 1. The van der Waals surface area contributed by atoms with Crippen molar-refractivity contribution in [1.29, 1.82) is 0 Å².